The summed E-state index contributed by atoms with van der Waals surface area (Å²) >= 11 is 0.420. The minimum absolute atomic E-state index is 0.00118. The van der Waals surface area contributed by atoms with Crippen molar-refractivity contribution in [3.05, 3.63) is 30.3 Å². The molecule has 1 aliphatic heterocycles. The van der Waals surface area contributed by atoms with E-state index in [-0.39, 0.29) is 5.66 Å². The maximum absolute atomic E-state index is 5.01. The van der Waals surface area contributed by atoms with Gasteiger partial charge in [-0.3, -0.25) is 0 Å². The van der Waals surface area contributed by atoms with Crippen molar-refractivity contribution in [3.8, 4) is 0 Å². The first-order valence-corrected chi connectivity index (χ1v) is 9.17. The Bertz CT molecular complexity index is 438. The monoisotopic (exact) mass is 309 g/mol. The van der Waals surface area contributed by atoms with Gasteiger partial charge in [0.1, 0.15) is 0 Å². The molecule has 96 valence electrons. The molecule has 0 aromatic heterocycles. The van der Waals surface area contributed by atoms with Gasteiger partial charge >= 0.3 is 115 Å². The molecule has 1 saturated carbocycles. The van der Waals surface area contributed by atoms with E-state index in [2.05, 4.69) is 46.6 Å². The van der Waals surface area contributed by atoms with Crippen LogP contribution in [0.3, 0.4) is 0 Å². The number of benzene rings is 1. The zero-order valence-corrected chi connectivity index (χ0v) is 12.4. The third-order valence-electron chi connectivity index (χ3n) is 3.70. The molecule has 4 heteroatoms. The summed E-state index contributed by atoms with van der Waals surface area (Å²) in [5.41, 5.74) is 4.88. The van der Waals surface area contributed by atoms with Crippen LogP contribution in [0.5, 0.6) is 0 Å². The second-order valence-electron chi connectivity index (χ2n) is 4.97. The third kappa shape index (κ3) is 2.20. The molecule has 0 saturated heterocycles. The van der Waals surface area contributed by atoms with Crippen LogP contribution < -0.4 is 10.4 Å². The van der Waals surface area contributed by atoms with Crippen LogP contribution in [0.4, 0.5) is 5.69 Å². The maximum atomic E-state index is 5.01. The van der Waals surface area contributed by atoms with Crippen molar-refractivity contribution >= 4 is 25.4 Å². The molecule has 1 N–H and O–H groups in total. The summed E-state index contributed by atoms with van der Waals surface area (Å²) < 4.78 is 1.23. The van der Waals surface area contributed by atoms with E-state index >= 15 is 0 Å². The van der Waals surface area contributed by atoms with Crippen LogP contribution in [-0.4, -0.2) is 25.4 Å². The number of rotatable bonds is 2. The van der Waals surface area contributed by atoms with E-state index in [1.165, 1.54) is 42.5 Å². The number of hydrogen-bond acceptors (Lipinski definition) is 3. The van der Waals surface area contributed by atoms with Gasteiger partial charge < -0.3 is 0 Å². The van der Waals surface area contributed by atoms with Gasteiger partial charge in [-0.25, -0.2) is 0 Å². The molecular weight excluding hydrogens is 289 g/mol. The molecule has 2 aliphatic rings. The van der Waals surface area contributed by atoms with Crippen LogP contribution in [0.15, 0.2) is 35.3 Å². The molecular formula is C14H19N3Se. The molecule has 18 heavy (non-hydrogen) atoms. The van der Waals surface area contributed by atoms with Crippen molar-refractivity contribution in [2.24, 2.45) is 4.99 Å². The van der Waals surface area contributed by atoms with E-state index in [4.69, 9.17) is 4.99 Å². The Labute approximate surface area is 115 Å². The van der Waals surface area contributed by atoms with E-state index in [0.29, 0.717) is 15.0 Å². The molecule has 1 aromatic carbocycles. The number of anilines is 1. The first-order valence-electron chi connectivity index (χ1n) is 6.60. The second kappa shape index (κ2) is 5.04. The number of nitrogens with one attached hydrogen (secondary N) is 1. The van der Waals surface area contributed by atoms with Crippen molar-refractivity contribution in [1.29, 1.82) is 0 Å². The molecule has 1 spiro atoms. The number of aliphatic imine (C=N–C) groups is 1. The molecule has 1 aliphatic carbocycles. The van der Waals surface area contributed by atoms with Crippen LogP contribution in [0, 0.1) is 0 Å². The van der Waals surface area contributed by atoms with E-state index in [1.54, 1.807) is 0 Å². The molecule has 3 nitrogen and oxygen atoms in total. The SMILES string of the molecule is C[Se]C1=NC2(CCCCC2)NN1c1ccccc1. The quantitative estimate of drug-likeness (QED) is 0.851. The van der Waals surface area contributed by atoms with Crippen LogP contribution in [-0.2, 0) is 0 Å². The predicted molar refractivity (Wildman–Crippen MR) is 76.9 cm³/mol. The number of nitrogens with zero attached hydrogens (tertiary/aromatic N) is 2. The van der Waals surface area contributed by atoms with E-state index in [0.717, 1.165) is 0 Å². The molecule has 0 amide bonds. The van der Waals surface area contributed by atoms with E-state index in [1.807, 2.05) is 0 Å². The molecule has 1 aromatic rings. The Hall–Kier alpha value is -0.831. The van der Waals surface area contributed by atoms with Gasteiger partial charge in [-0.15, -0.1) is 0 Å². The van der Waals surface area contributed by atoms with Crippen molar-refractivity contribution in [1.82, 2.24) is 5.43 Å². The van der Waals surface area contributed by atoms with Crippen molar-refractivity contribution in [2.75, 3.05) is 5.01 Å². The van der Waals surface area contributed by atoms with E-state index in [9.17, 15) is 0 Å². The Morgan fingerprint density at radius 1 is 1.17 bits per heavy atom. The topological polar surface area (TPSA) is 27.6 Å². The molecule has 1 fully saturated rings. The van der Waals surface area contributed by atoms with Crippen molar-refractivity contribution in [2.45, 2.75) is 43.6 Å². The fourth-order valence-electron chi connectivity index (χ4n) is 2.76. The summed E-state index contributed by atoms with van der Waals surface area (Å²) in [4.78, 5) is 5.01. The second-order valence-corrected chi connectivity index (χ2v) is 6.60. The summed E-state index contributed by atoms with van der Waals surface area (Å²) in [5, 5.41) is 2.21. The molecule has 0 unspecified atom stereocenters. The normalized spacial score (nSPS) is 22.3. The van der Waals surface area contributed by atoms with Crippen LogP contribution in [0.2, 0.25) is 5.82 Å². The van der Waals surface area contributed by atoms with Gasteiger partial charge in [-0.05, 0) is 0 Å². The minimum atomic E-state index is 0.00118. The summed E-state index contributed by atoms with van der Waals surface area (Å²) in [5.74, 6) is 2.24. The first kappa shape index (κ1) is 12.2. The standard InChI is InChI=1S/C14H19N3Se/c1-18-13-15-14(10-6-3-7-11-14)16-17(13)12-8-4-2-5-9-12/h2,4-5,8-9,16H,3,6-7,10-11H2,1H3. The molecule has 0 radical (unpaired) electrons. The Kier molecular flexibility index (Phi) is 3.42. The van der Waals surface area contributed by atoms with Gasteiger partial charge in [0.05, 0.1) is 0 Å². The Balaban J connectivity index is 1.87. The first-order chi connectivity index (χ1) is 8.83. The molecule has 0 atom stereocenters. The number of hydrazine groups is 1. The van der Waals surface area contributed by atoms with Gasteiger partial charge in [0.15, 0.2) is 0 Å². The number of para-hydroxylation sites is 1. The van der Waals surface area contributed by atoms with Gasteiger partial charge in [0.2, 0.25) is 0 Å². The summed E-state index contributed by atoms with van der Waals surface area (Å²) in [6.45, 7) is 0. The van der Waals surface area contributed by atoms with Gasteiger partial charge in [-0.2, -0.15) is 0 Å². The summed E-state index contributed by atoms with van der Waals surface area (Å²) in [6, 6.07) is 10.5. The Morgan fingerprint density at radius 3 is 2.56 bits per heavy atom. The van der Waals surface area contributed by atoms with Gasteiger partial charge in [-0.1, -0.05) is 0 Å². The molecule has 1 heterocycles. The van der Waals surface area contributed by atoms with Crippen molar-refractivity contribution < 1.29 is 0 Å². The number of amidine groups is 1. The molecule has 3 rings (SSSR count). The average Bonchev–Trinajstić information content (AvgIpc) is 2.79. The summed E-state index contributed by atoms with van der Waals surface area (Å²) in [6.07, 6.45) is 6.30. The van der Waals surface area contributed by atoms with Gasteiger partial charge in [0.25, 0.3) is 0 Å². The third-order valence-corrected chi connectivity index (χ3v) is 5.04. The predicted octanol–water partition coefficient (Wildman–Crippen LogP) is 2.78. The zero-order valence-electron chi connectivity index (χ0n) is 10.7. The van der Waals surface area contributed by atoms with Gasteiger partial charge in [0, 0.05) is 0 Å². The molecule has 0 bridgehead atoms. The summed E-state index contributed by atoms with van der Waals surface area (Å²) in [7, 11) is 0. The van der Waals surface area contributed by atoms with E-state index < -0.39 is 0 Å². The fourth-order valence-corrected chi connectivity index (χ4v) is 4.02. The number of hydrogen-bond donors (Lipinski definition) is 1. The average molecular weight is 308 g/mol. The zero-order chi connectivity index (χ0) is 12.4. The Morgan fingerprint density at radius 2 is 1.89 bits per heavy atom. The van der Waals surface area contributed by atoms with Crippen LogP contribution in [0.1, 0.15) is 32.1 Å². The van der Waals surface area contributed by atoms with Crippen LogP contribution in [0.25, 0.3) is 0 Å². The van der Waals surface area contributed by atoms with Crippen LogP contribution >= 0.6 is 0 Å². The fraction of sp³-hybridized carbons (Fsp3) is 0.500. The van der Waals surface area contributed by atoms with Crippen molar-refractivity contribution in [3.63, 3.8) is 0 Å².